The fraction of sp³-hybridized carbons (Fsp3) is 0.600. The van der Waals surface area contributed by atoms with Crippen LogP contribution in [-0.4, -0.2) is 47.6 Å². The van der Waals surface area contributed by atoms with Gasteiger partial charge in [-0.05, 0) is 6.42 Å². The number of carboxylic acids is 1. The number of amides is 1. The predicted octanol–water partition coefficient (Wildman–Crippen LogP) is -0.162. The summed E-state index contributed by atoms with van der Waals surface area (Å²) in [5.41, 5.74) is 0. The highest BCUT2D eigenvalue weighted by molar-refractivity contribution is 5.82. The number of carboxylic acid groups (broad SMARTS) is 1. The maximum atomic E-state index is 11.4. The molecule has 1 aliphatic heterocycles. The van der Waals surface area contributed by atoms with Gasteiger partial charge in [-0.15, -0.1) is 0 Å². The second-order valence-electron chi connectivity index (χ2n) is 3.45. The summed E-state index contributed by atoms with van der Waals surface area (Å²) in [7, 11) is 0. The van der Waals surface area contributed by atoms with Gasteiger partial charge in [-0.3, -0.25) is 9.69 Å². The van der Waals surface area contributed by atoms with Gasteiger partial charge in [0.05, 0.1) is 6.04 Å². The maximum absolute atomic E-state index is 11.4. The van der Waals surface area contributed by atoms with E-state index in [1.165, 1.54) is 0 Å². The Morgan fingerprint density at radius 3 is 3.07 bits per heavy atom. The first kappa shape index (κ1) is 11.7. The van der Waals surface area contributed by atoms with Crippen LogP contribution >= 0.6 is 0 Å². The zero-order valence-corrected chi connectivity index (χ0v) is 8.77. The van der Waals surface area contributed by atoms with E-state index in [2.05, 4.69) is 5.32 Å². The Hall–Kier alpha value is -1.36. The topological polar surface area (TPSA) is 69.6 Å². The molecule has 0 spiro atoms. The molecule has 1 aliphatic rings. The lowest BCUT2D eigenvalue weighted by atomic mass is 10.1. The van der Waals surface area contributed by atoms with E-state index in [1.54, 1.807) is 6.08 Å². The van der Waals surface area contributed by atoms with Crippen molar-refractivity contribution in [1.82, 2.24) is 10.2 Å². The molecular formula is C10H16N2O3. The van der Waals surface area contributed by atoms with Crippen molar-refractivity contribution >= 4 is 11.9 Å². The lowest BCUT2D eigenvalue weighted by Gasteiger charge is -2.33. The van der Waals surface area contributed by atoms with E-state index in [1.807, 2.05) is 11.8 Å². The highest BCUT2D eigenvalue weighted by Crippen LogP contribution is 2.07. The normalized spacial score (nSPS) is 23.0. The molecule has 0 aromatic carbocycles. The minimum absolute atomic E-state index is 0.0347. The first-order valence-corrected chi connectivity index (χ1v) is 5.06. The van der Waals surface area contributed by atoms with E-state index in [0.717, 1.165) is 19.0 Å². The summed E-state index contributed by atoms with van der Waals surface area (Å²) in [6.07, 6.45) is 3.43. The molecule has 1 saturated heterocycles. The van der Waals surface area contributed by atoms with E-state index in [4.69, 9.17) is 5.11 Å². The molecule has 0 aromatic heterocycles. The van der Waals surface area contributed by atoms with Crippen molar-refractivity contribution in [2.75, 3.05) is 19.6 Å². The lowest BCUT2D eigenvalue weighted by molar-refractivity contribution is -0.131. The summed E-state index contributed by atoms with van der Waals surface area (Å²) in [5.74, 6) is -0.919. The second-order valence-corrected chi connectivity index (χ2v) is 3.45. The predicted molar refractivity (Wildman–Crippen MR) is 55.4 cm³/mol. The van der Waals surface area contributed by atoms with Crippen LogP contribution in [0.5, 0.6) is 0 Å². The number of carbonyl (C=O) groups is 2. The SMILES string of the molecule is CCC1C(=O)NCCN1CC=CC(=O)O. The lowest BCUT2D eigenvalue weighted by Crippen LogP contribution is -2.54. The van der Waals surface area contributed by atoms with E-state index >= 15 is 0 Å². The summed E-state index contributed by atoms with van der Waals surface area (Å²) in [6, 6.07) is -0.128. The first-order chi connectivity index (χ1) is 7.15. The second kappa shape index (κ2) is 5.50. The molecule has 0 bridgehead atoms. The van der Waals surface area contributed by atoms with Gasteiger partial charge in [-0.1, -0.05) is 13.0 Å². The summed E-state index contributed by atoms with van der Waals surface area (Å²) < 4.78 is 0. The molecule has 2 N–H and O–H groups in total. The Kier molecular flexibility index (Phi) is 4.30. The average Bonchev–Trinajstić information content (AvgIpc) is 2.17. The van der Waals surface area contributed by atoms with E-state index < -0.39 is 5.97 Å². The Balaban J connectivity index is 2.51. The van der Waals surface area contributed by atoms with Crippen LogP contribution in [0, 0.1) is 0 Å². The van der Waals surface area contributed by atoms with Crippen molar-refractivity contribution in [3.05, 3.63) is 12.2 Å². The standard InChI is InChI=1S/C10H16N2O3/c1-2-8-10(15)11-5-7-12(8)6-3-4-9(13)14/h3-4,8H,2,5-7H2,1H3,(H,11,15)(H,13,14). The van der Waals surface area contributed by atoms with E-state index in [9.17, 15) is 9.59 Å². The molecule has 1 amide bonds. The van der Waals surface area contributed by atoms with Crippen LogP contribution in [0.25, 0.3) is 0 Å². The van der Waals surface area contributed by atoms with Crippen LogP contribution in [0.3, 0.4) is 0 Å². The van der Waals surface area contributed by atoms with Crippen molar-refractivity contribution in [2.45, 2.75) is 19.4 Å². The van der Waals surface area contributed by atoms with Crippen LogP contribution in [0.1, 0.15) is 13.3 Å². The number of carbonyl (C=O) groups excluding carboxylic acids is 1. The molecule has 1 heterocycles. The molecule has 0 radical (unpaired) electrons. The van der Waals surface area contributed by atoms with Gasteiger partial charge >= 0.3 is 5.97 Å². The van der Waals surface area contributed by atoms with Gasteiger partial charge in [0.25, 0.3) is 0 Å². The van der Waals surface area contributed by atoms with Gasteiger partial charge in [-0.2, -0.15) is 0 Å². The van der Waals surface area contributed by atoms with Crippen LogP contribution in [0.2, 0.25) is 0 Å². The fourth-order valence-electron chi connectivity index (χ4n) is 1.71. The molecule has 0 aliphatic carbocycles. The van der Waals surface area contributed by atoms with Crippen molar-refractivity contribution in [3.8, 4) is 0 Å². The summed E-state index contributed by atoms with van der Waals surface area (Å²) >= 11 is 0. The Morgan fingerprint density at radius 1 is 1.73 bits per heavy atom. The van der Waals surface area contributed by atoms with Crippen molar-refractivity contribution in [2.24, 2.45) is 0 Å². The molecule has 1 fully saturated rings. The van der Waals surface area contributed by atoms with Crippen LogP contribution < -0.4 is 5.32 Å². The first-order valence-electron chi connectivity index (χ1n) is 5.06. The zero-order chi connectivity index (χ0) is 11.3. The number of hydrogen-bond acceptors (Lipinski definition) is 3. The molecule has 5 heteroatoms. The van der Waals surface area contributed by atoms with Gasteiger partial charge in [-0.25, -0.2) is 4.79 Å². The molecule has 84 valence electrons. The quantitative estimate of drug-likeness (QED) is 0.635. The number of hydrogen-bond donors (Lipinski definition) is 2. The van der Waals surface area contributed by atoms with Gasteiger partial charge in [0.15, 0.2) is 0 Å². The zero-order valence-electron chi connectivity index (χ0n) is 8.77. The Bertz CT molecular complexity index is 276. The smallest absolute Gasteiger partial charge is 0.328 e. The third-order valence-corrected chi connectivity index (χ3v) is 2.43. The minimum Gasteiger partial charge on any atom is -0.478 e. The molecule has 0 saturated carbocycles. The summed E-state index contributed by atoms with van der Waals surface area (Å²) in [5, 5.41) is 11.2. The minimum atomic E-state index is -0.954. The van der Waals surface area contributed by atoms with Gasteiger partial charge < -0.3 is 10.4 Å². The Morgan fingerprint density at radius 2 is 2.47 bits per heavy atom. The third-order valence-electron chi connectivity index (χ3n) is 2.43. The largest absolute Gasteiger partial charge is 0.478 e. The van der Waals surface area contributed by atoms with E-state index in [0.29, 0.717) is 13.1 Å². The van der Waals surface area contributed by atoms with Crippen molar-refractivity contribution in [3.63, 3.8) is 0 Å². The molecule has 15 heavy (non-hydrogen) atoms. The van der Waals surface area contributed by atoms with Crippen LogP contribution in [-0.2, 0) is 9.59 Å². The monoisotopic (exact) mass is 212 g/mol. The maximum Gasteiger partial charge on any atom is 0.328 e. The van der Waals surface area contributed by atoms with Crippen molar-refractivity contribution < 1.29 is 14.7 Å². The van der Waals surface area contributed by atoms with Crippen LogP contribution in [0.15, 0.2) is 12.2 Å². The number of aliphatic carboxylic acids is 1. The summed E-state index contributed by atoms with van der Waals surface area (Å²) in [4.78, 5) is 23.7. The van der Waals surface area contributed by atoms with Gasteiger partial charge in [0.2, 0.25) is 5.91 Å². The number of piperazine rings is 1. The molecule has 0 aromatic rings. The number of rotatable bonds is 4. The van der Waals surface area contributed by atoms with Crippen LogP contribution in [0.4, 0.5) is 0 Å². The fourth-order valence-corrected chi connectivity index (χ4v) is 1.71. The number of nitrogens with one attached hydrogen (secondary N) is 1. The molecule has 1 rings (SSSR count). The Labute approximate surface area is 88.8 Å². The average molecular weight is 212 g/mol. The van der Waals surface area contributed by atoms with Gasteiger partial charge in [0, 0.05) is 25.7 Å². The summed E-state index contributed by atoms with van der Waals surface area (Å²) in [6.45, 7) is 3.87. The third kappa shape index (κ3) is 3.36. The molecular weight excluding hydrogens is 196 g/mol. The van der Waals surface area contributed by atoms with Crippen molar-refractivity contribution in [1.29, 1.82) is 0 Å². The molecule has 5 nitrogen and oxygen atoms in total. The number of nitrogens with zero attached hydrogens (tertiary/aromatic N) is 1. The highest BCUT2D eigenvalue weighted by Gasteiger charge is 2.26. The van der Waals surface area contributed by atoms with Gasteiger partial charge in [0.1, 0.15) is 0 Å². The highest BCUT2D eigenvalue weighted by atomic mass is 16.4. The molecule has 1 atom stereocenters. The van der Waals surface area contributed by atoms with E-state index in [-0.39, 0.29) is 11.9 Å². The molecule has 1 unspecified atom stereocenters.